The lowest BCUT2D eigenvalue weighted by Gasteiger charge is -2.11. The summed E-state index contributed by atoms with van der Waals surface area (Å²) in [6, 6.07) is 12.7. The molecule has 0 N–H and O–H groups in total. The van der Waals surface area contributed by atoms with Gasteiger partial charge in [-0.2, -0.15) is 8.42 Å². The molecule has 134 valence electrons. The second-order valence-corrected chi connectivity index (χ2v) is 7.60. The molecule has 0 saturated heterocycles. The quantitative estimate of drug-likeness (QED) is 0.445. The molecule has 6 nitrogen and oxygen atoms in total. The number of nitrogens with zero attached hydrogens (tertiary/aromatic N) is 1. The van der Waals surface area contributed by atoms with Crippen LogP contribution in [0.2, 0.25) is 0 Å². The fourth-order valence-electron chi connectivity index (χ4n) is 2.35. The van der Waals surface area contributed by atoms with Gasteiger partial charge >= 0.3 is 16.1 Å². The average Bonchev–Trinajstić information content (AvgIpc) is 2.61. The van der Waals surface area contributed by atoms with Crippen LogP contribution in [0.1, 0.15) is 17.3 Å². The van der Waals surface area contributed by atoms with Crippen LogP contribution in [-0.4, -0.2) is 26.0 Å². The summed E-state index contributed by atoms with van der Waals surface area (Å²) in [7, 11) is -4.13. The minimum atomic E-state index is -4.13. The summed E-state index contributed by atoms with van der Waals surface area (Å²) in [6.45, 7) is 1.92. The zero-order valence-corrected chi connectivity index (χ0v) is 16.1. The number of ether oxygens (including phenoxy) is 1. The third-order valence-corrected chi connectivity index (χ3v) is 5.72. The Morgan fingerprint density at radius 2 is 1.92 bits per heavy atom. The van der Waals surface area contributed by atoms with Crippen LogP contribution in [0.3, 0.4) is 0 Å². The number of fused-ring (bicyclic) bond motifs is 1. The van der Waals surface area contributed by atoms with Crippen molar-refractivity contribution >= 4 is 42.9 Å². The van der Waals surface area contributed by atoms with E-state index >= 15 is 0 Å². The van der Waals surface area contributed by atoms with Gasteiger partial charge in [0.25, 0.3) is 0 Å². The molecule has 3 aromatic rings. The largest absolute Gasteiger partial charge is 0.462 e. The highest BCUT2D eigenvalue weighted by Crippen LogP contribution is 2.30. The fraction of sp³-hybridized carbons (Fsp3) is 0.111. The normalized spacial score (nSPS) is 11.3. The molecule has 3 rings (SSSR count). The summed E-state index contributed by atoms with van der Waals surface area (Å²) in [5, 5.41) is 0.761. The number of carbonyl (C=O) groups is 1. The number of esters is 1. The van der Waals surface area contributed by atoms with E-state index in [1.165, 1.54) is 24.3 Å². The van der Waals surface area contributed by atoms with E-state index in [4.69, 9.17) is 8.92 Å². The lowest BCUT2D eigenvalue weighted by Crippen LogP contribution is -2.12. The molecule has 0 fully saturated rings. The monoisotopic (exact) mass is 435 g/mol. The summed E-state index contributed by atoms with van der Waals surface area (Å²) >= 11 is 3.18. The molecule has 2 aromatic carbocycles. The average molecular weight is 436 g/mol. The van der Waals surface area contributed by atoms with Gasteiger partial charge in [0.1, 0.15) is 10.4 Å². The molecule has 26 heavy (non-hydrogen) atoms. The third-order valence-electron chi connectivity index (χ3n) is 3.51. The lowest BCUT2D eigenvalue weighted by molar-refractivity contribution is 0.0526. The predicted octanol–water partition coefficient (Wildman–Crippen LogP) is 3.94. The van der Waals surface area contributed by atoms with E-state index in [2.05, 4.69) is 20.9 Å². The summed E-state index contributed by atoms with van der Waals surface area (Å²) in [6.07, 6.45) is 1.56. The second kappa shape index (κ2) is 7.43. The zero-order chi connectivity index (χ0) is 18.7. The van der Waals surface area contributed by atoms with Crippen LogP contribution in [0.4, 0.5) is 0 Å². The molecule has 1 heterocycles. The first-order valence-electron chi connectivity index (χ1n) is 7.67. The standard InChI is InChI=1S/C18H14BrNO5S/c1-2-24-18(21)13-8-9-16(14(19)11-13)26(22,23)25-15-7-3-5-12-6-4-10-20-17(12)15/h3-11H,2H2,1H3. The summed E-state index contributed by atoms with van der Waals surface area (Å²) in [4.78, 5) is 15.8. The van der Waals surface area contributed by atoms with Crippen LogP contribution < -0.4 is 4.18 Å². The lowest BCUT2D eigenvalue weighted by atomic mass is 10.2. The summed E-state index contributed by atoms with van der Waals surface area (Å²) in [5.41, 5.74) is 0.683. The first kappa shape index (κ1) is 18.3. The van der Waals surface area contributed by atoms with Crippen molar-refractivity contribution in [1.29, 1.82) is 0 Å². The molecule has 0 aliphatic rings. The van der Waals surface area contributed by atoms with E-state index in [1.54, 1.807) is 25.3 Å². The Labute approximate surface area is 159 Å². The number of hydrogen-bond acceptors (Lipinski definition) is 6. The number of rotatable bonds is 5. The van der Waals surface area contributed by atoms with Crippen molar-refractivity contribution in [2.45, 2.75) is 11.8 Å². The van der Waals surface area contributed by atoms with Crippen molar-refractivity contribution in [2.75, 3.05) is 6.61 Å². The van der Waals surface area contributed by atoms with Crippen LogP contribution in [0.5, 0.6) is 5.75 Å². The number of halogens is 1. The number of hydrogen-bond donors (Lipinski definition) is 0. The molecular weight excluding hydrogens is 422 g/mol. The van der Waals surface area contributed by atoms with Crippen LogP contribution >= 0.6 is 15.9 Å². The van der Waals surface area contributed by atoms with Gasteiger partial charge in [-0.15, -0.1) is 0 Å². The molecule has 0 unspecified atom stereocenters. The summed E-state index contributed by atoms with van der Waals surface area (Å²) in [5.74, 6) is -0.402. The molecule has 0 spiro atoms. The van der Waals surface area contributed by atoms with Gasteiger partial charge in [0.15, 0.2) is 5.75 Å². The van der Waals surface area contributed by atoms with Gasteiger partial charge in [-0.1, -0.05) is 18.2 Å². The van der Waals surface area contributed by atoms with Gasteiger partial charge in [0.2, 0.25) is 0 Å². The maximum atomic E-state index is 12.7. The maximum Gasteiger partial charge on any atom is 0.340 e. The van der Waals surface area contributed by atoms with Crippen LogP contribution in [0.25, 0.3) is 10.9 Å². The highest BCUT2D eigenvalue weighted by molar-refractivity contribution is 9.10. The molecule has 0 atom stereocenters. The maximum absolute atomic E-state index is 12.7. The topological polar surface area (TPSA) is 82.6 Å². The number of pyridine rings is 1. The minimum absolute atomic E-state index is 0.0986. The summed E-state index contributed by atoms with van der Waals surface area (Å²) < 4.78 is 35.8. The van der Waals surface area contributed by atoms with Crippen molar-refractivity contribution < 1.29 is 22.1 Å². The fourth-order valence-corrected chi connectivity index (χ4v) is 4.32. The van der Waals surface area contributed by atoms with Gasteiger partial charge in [-0.25, -0.2) is 4.79 Å². The van der Waals surface area contributed by atoms with Crippen molar-refractivity contribution in [3.8, 4) is 5.75 Å². The Balaban J connectivity index is 1.97. The van der Waals surface area contributed by atoms with E-state index in [0.717, 1.165) is 5.39 Å². The Hall–Kier alpha value is -2.45. The minimum Gasteiger partial charge on any atom is -0.462 e. The van der Waals surface area contributed by atoms with Gasteiger partial charge in [-0.05, 0) is 53.2 Å². The first-order chi connectivity index (χ1) is 12.4. The van der Waals surface area contributed by atoms with Gasteiger partial charge in [-0.3, -0.25) is 4.98 Å². The number of benzene rings is 2. The molecule has 0 amide bonds. The first-order valence-corrected chi connectivity index (χ1v) is 9.87. The Morgan fingerprint density at radius 3 is 2.65 bits per heavy atom. The predicted molar refractivity (Wildman–Crippen MR) is 99.7 cm³/mol. The van der Waals surface area contributed by atoms with Gasteiger partial charge in [0.05, 0.1) is 12.2 Å². The Morgan fingerprint density at radius 1 is 1.15 bits per heavy atom. The van der Waals surface area contributed by atoms with E-state index in [9.17, 15) is 13.2 Å². The van der Waals surface area contributed by atoms with E-state index in [1.807, 2.05) is 12.1 Å². The highest BCUT2D eigenvalue weighted by Gasteiger charge is 2.23. The van der Waals surface area contributed by atoms with Crippen molar-refractivity contribution in [1.82, 2.24) is 4.98 Å². The van der Waals surface area contributed by atoms with Crippen molar-refractivity contribution in [3.05, 3.63) is 64.8 Å². The van der Waals surface area contributed by atoms with Crippen molar-refractivity contribution in [3.63, 3.8) is 0 Å². The Kier molecular flexibility index (Phi) is 5.24. The third kappa shape index (κ3) is 3.71. The van der Waals surface area contributed by atoms with Crippen LogP contribution in [0.15, 0.2) is 64.1 Å². The molecule has 0 saturated carbocycles. The SMILES string of the molecule is CCOC(=O)c1ccc(S(=O)(=O)Oc2cccc3cccnc23)c(Br)c1. The van der Waals surface area contributed by atoms with Crippen LogP contribution in [-0.2, 0) is 14.9 Å². The Bertz CT molecular complexity index is 1080. The molecule has 0 aliphatic carbocycles. The molecule has 1 aromatic heterocycles. The molecule has 8 heteroatoms. The van der Waals surface area contributed by atoms with Gasteiger partial charge in [0, 0.05) is 16.1 Å². The van der Waals surface area contributed by atoms with E-state index < -0.39 is 16.1 Å². The second-order valence-electron chi connectivity index (χ2n) is 5.23. The molecular formula is C18H14BrNO5S. The molecule has 0 radical (unpaired) electrons. The molecule has 0 bridgehead atoms. The number of aromatic nitrogens is 1. The molecule has 0 aliphatic heterocycles. The van der Waals surface area contributed by atoms with E-state index in [-0.39, 0.29) is 27.3 Å². The van der Waals surface area contributed by atoms with Crippen molar-refractivity contribution in [2.24, 2.45) is 0 Å². The zero-order valence-electron chi connectivity index (χ0n) is 13.7. The smallest absolute Gasteiger partial charge is 0.340 e. The number of carbonyl (C=O) groups excluding carboxylic acids is 1. The van der Waals surface area contributed by atoms with Gasteiger partial charge < -0.3 is 8.92 Å². The van der Waals surface area contributed by atoms with Crippen LogP contribution in [0, 0.1) is 0 Å². The highest BCUT2D eigenvalue weighted by atomic mass is 79.9. The van der Waals surface area contributed by atoms with E-state index in [0.29, 0.717) is 5.52 Å². The number of para-hydroxylation sites is 1.